The molecule has 1 aliphatic heterocycles. The summed E-state index contributed by atoms with van der Waals surface area (Å²) in [7, 11) is 0. The monoisotopic (exact) mass is 129 g/mol. The van der Waals surface area contributed by atoms with Crippen molar-refractivity contribution < 1.29 is 14.4 Å². The van der Waals surface area contributed by atoms with E-state index in [0.717, 1.165) is 19.5 Å². The Bertz CT molecular complexity index is 130. The Kier molecular flexibility index (Phi) is 1.79. The third-order valence-electron chi connectivity index (χ3n) is 1.13. The van der Waals surface area contributed by atoms with Gasteiger partial charge in [-0.3, -0.25) is 4.79 Å². The Labute approximate surface area is 52.3 Å². The molecule has 0 aliphatic carbocycles. The molecule has 1 fully saturated rings. The summed E-state index contributed by atoms with van der Waals surface area (Å²) in [5, 5.41) is 1.46. The molecule has 0 spiro atoms. The predicted octanol–water partition coefficient (Wildman–Crippen LogP) is -0.651. The second-order valence-corrected chi connectivity index (χ2v) is 1.81. The van der Waals surface area contributed by atoms with Crippen molar-refractivity contribution in [2.24, 2.45) is 0 Å². The normalized spacial score (nSPS) is 18.2. The average Bonchev–Trinajstić information content (AvgIpc) is 1.78. The van der Waals surface area contributed by atoms with E-state index in [2.05, 4.69) is 4.84 Å². The molecule has 0 atom stereocenters. The first kappa shape index (κ1) is 6.22. The molecule has 4 heteroatoms. The van der Waals surface area contributed by atoms with Crippen molar-refractivity contribution in [1.82, 2.24) is 5.06 Å². The number of hydrogen-bond donors (Lipinski definition) is 0. The maximum Gasteiger partial charge on any atom is 0.390 e. The van der Waals surface area contributed by atoms with Crippen LogP contribution >= 0.6 is 0 Å². The van der Waals surface area contributed by atoms with E-state index in [1.807, 2.05) is 0 Å². The first-order valence-electron chi connectivity index (χ1n) is 2.75. The lowest BCUT2D eigenvalue weighted by molar-refractivity contribution is -0.204. The molecule has 1 rings (SSSR count). The van der Waals surface area contributed by atoms with Gasteiger partial charge in [0.2, 0.25) is 6.29 Å². The van der Waals surface area contributed by atoms with Gasteiger partial charge in [-0.25, -0.2) is 4.79 Å². The van der Waals surface area contributed by atoms with Crippen molar-refractivity contribution in [3.05, 3.63) is 0 Å². The molecule has 4 nitrogen and oxygen atoms in total. The summed E-state index contributed by atoms with van der Waals surface area (Å²) in [4.78, 5) is 24.3. The van der Waals surface area contributed by atoms with Crippen LogP contribution in [0, 0.1) is 0 Å². The molecule has 1 saturated heterocycles. The van der Waals surface area contributed by atoms with Crippen molar-refractivity contribution in [3.63, 3.8) is 0 Å². The molecule has 0 amide bonds. The molecule has 1 heterocycles. The molecule has 50 valence electrons. The summed E-state index contributed by atoms with van der Waals surface area (Å²) in [5.74, 6) is -0.810. The second-order valence-electron chi connectivity index (χ2n) is 1.81. The number of aldehydes is 1. The summed E-state index contributed by atoms with van der Waals surface area (Å²) < 4.78 is 0. The van der Waals surface area contributed by atoms with Crippen molar-refractivity contribution in [2.75, 3.05) is 13.1 Å². The average molecular weight is 129 g/mol. The quantitative estimate of drug-likeness (QED) is 0.367. The molecule has 0 aromatic carbocycles. The van der Waals surface area contributed by atoms with E-state index < -0.39 is 5.97 Å². The molecule has 0 bridgehead atoms. The van der Waals surface area contributed by atoms with Gasteiger partial charge in [0.25, 0.3) is 0 Å². The van der Waals surface area contributed by atoms with Gasteiger partial charge in [0.1, 0.15) is 0 Å². The lowest BCUT2D eigenvalue weighted by Crippen LogP contribution is -2.39. The van der Waals surface area contributed by atoms with E-state index in [1.54, 1.807) is 0 Å². The van der Waals surface area contributed by atoms with E-state index in [1.165, 1.54) is 5.06 Å². The Morgan fingerprint density at radius 1 is 1.56 bits per heavy atom. The fraction of sp³-hybridized carbons (Fsp3) is 0.600. The first-order chi connectivity index (χ1) is 4.33. The fourth-order valence-corrected chi connectivity index (χ4v) is 0.527. The second kappa shape index (κ2) is 2.59. The van der Waals surface area contributed by atoms with Gasteiger partial charge in [-0.1, -0.05) is 0 Å². The van der Waals surface area contributed by atoms with Crippen LogP contribution in [-0.2, 0) is 14.4 Å². The lowest BCUT2D eigenvalue weighted by Gasteiger charge is -2.27. The van der Waals surface area contributed by atoms with Gasteiger partial charge in [0, 0.05) is 13.1 Å². The topological polar surface area (TPSA) is 46.6 Å². The summed E-state index contributed by atoms with van der Waals surface area (Å²) in [5.41, 5.74) is 0. The maximum atomic E-state index is 10.2. The minimum absolute atomic E-state index is 0.165. The van der Waals surface area contributed by atoms with Crippen LogP contribution in [0.1, 0.15) is 6.42 Å². The Balaban J connectivity index is 2.16. The predicted molar refractivity (Wildman–Crippen MR) is 28.3 cm³/mol. The molecule has 1 aliphatic rings. The molecule has 0 radical (unpaired) electrons. The van der Waals surface area contributed by atoms with Gasteiger partial charge in [-0.05, 0) is 6.42 Å². The van der Waals surface area contributed by atoms with Crippen LogP contribution in [0.4, 0.5) is 0 Å². The van der Waals surface area contributed by atoms with Crippen LogP contribution in [0.25, 0.3) is 0 Å². The van der Waals surface area contributed by atoms with E-state index in [4.69, 9.17) is 0 Å². The highest BCUT2D eigenvalue weighted by molar-refractivity contribution is 6.20. The highest BCUT2D eigenvalue weighted by Crippen LogP contribution is 2.04. The SMILES string of the molecule is O=CC(=O)ON1CCC1. The highest BCUT2D eigenvalue weighted by Gasteiger charge is 2.17. The minimum atomic E-state index is -0.810. The van der Waals surface area contributed by atoms with Gasteiger partial charge in [0.15, 0.2) is 0 Å². The van der Waals surface area contributed by atoms with Gasteiger partial charge < -0.3 is 4.84 Å². The van der Waals surface area contributed by atoms with Crippen molar-refractivity contribution in [3.8, 4) is 0 Å². The van der Waals surface area contributed by atoms with Gasteiger partial charge in [-0.15, -0.1) is 5.06 Å². The van der Waals surface area contributed by atoms with Gasteiger partial charge in [0.05, 0.1) is 0 Å². The van der Waals surface area contributed by atoms with E-state index in [-0.39, 0.29) is 6.29 Å². The van der Waals surface area contributed by atoms with Gasteiger partial charge in [-0.2, -0.15) is 0 Å². The molecular weight excluding hydrogens is 122 g/mol. The largest absolute Gasteiger partial charge is 0.390 e. The van der Waals surface area contributed by atoms with Crippen LogP contribution < -0.4 is 0 Å². The molecule has 9 heavy (non-hydrogen) atoms. The molecule has 0 saturated carbocycles. The molecule has 0 aromatic rings. The highest BCUT2D eigenvalue weighted by atomic mass is 16.7. The minimum Gasteiger partial charge on any atom is -0.362 e. The summed E-state index contributed by atoms with van der Waals surface area (Å²) in [6.07, 6.45) is 1.20. The zero-order valence-corrected chi connectivity index (χ0v) is 4.87. The van der Waals surface area contributed by atoms with E-state index in [0.29, 0.717) is 0 Å². The molecule has 0 N–H and O–H groups in total. The van der Waals surface area contributed by atoms with Crippen LogP contribution in [0.2, 0.25) is 0 Å². The van der Waals surface area contributed by atoms with Gasteiger partial charge >= 0.3 is 5.97 Å². The smallest absolute Gasteiger partial charge is 0.362 e. The third kappa shape index (κ3) is 1.50. The summed E-state index contributed by atoms with van der Waals surface area (Å²) >= 11 is 0. The fourth-order valence-electron chi connectivity index (χ4n) is 0.527. The lowest BCUT2D eigenvalue weighted by atomic mass is 10.3. The Morgan fingerprint density at radius 2 is 2.22 bits per heavy atom. The van der Waals surface area contributed by atoms with Crippen molar-refractivity contribution >= 4 is 12.3 Å². The zero-order valence-electron chi connectivity index (χ0n) is 4.87. The van der Waals surface area contributed by atoms with Crippen LogP contribution in [-0.4, -0.2) is 30.4 Å². The Morgan fingerprint density at radius 3 is 2.56 bits per heavy atom. The molecule has 0 aromatic heterocycles. The first-order valence-corrected chi connectivity index (χ1v) is 2.75. The standard InChI is InChI=1S/C5H7NO3/c7-4-5(8)9-6-2-1-3-6/h4H,1-3H2. The number of hydroxylamine groups is 2. The third-order valence-corrected chi connectivity index (χ3v) is 1.13. The number of rotatable bonds is 2. The number of carbonyl (C=O) groups excluding carboxylic acids is 2. The molecule has 0 unspecified atom stereocenters. The van der Waals surface area contributed by atoms with E-state index in [9.17, 15) is 9.59 Å². The van der Waals surface area contributed by atoms with E-state index >= 15 is 0 Å². The number of hydrogen-bond acceptors (Lipinski definition) is 4. The summed E-state index contributed by atoms with van der Waals surface area (Å²) in [6.45, 7) is 1.50. The maximum absolute atomic E-state index is 10.2. The van der Waals surface area contributed by atoms with Crippen molar-refractivity contribution in [1.29, 1.82) is 0 Å². The van der Waals surface area contributed by atoms with Crippen LogP contribution in [0.3, 0.4) is 0 Å². The summed E-state index contributed by atoms with van der Waals surface area (Å²) in [6, 6.07) is 0. The zero-order chi connectivity index (χ0) is 6.69. The number of carbonyl (C=O) groups is 2. The number of nitrogens with zero attached hydrogens (tertiary/aromatic N) is 1. The Hall–Kier alpha value is -0.900. The van der Waals surface area contributed by atoms with Crippen LogP contribution in [0.5, 0.6) is 0 Å². The molecular formula is C5H7NO3. The van der Waals surface area contributed by atoms with Crippen molar-refractivity contribution in [2.45, 2.75) is 6.42 Å². The van der Waals surface area contributed by atoms with Crippen LogP contribution in [0.15, 0.2) is 0 Å².